The highest BCUT2D eigenvalue weighted by molar-refractivity contribution is 5.75. The fraction of sp³-hybridized carbons (Fsp3) is 0.364. The van der Waals surface area contributed by atoms with Gasteiger partial charge in [0.1, 0.15) is 0 Å². The van der Waals surface area contributed by atoms with Gasteiger partial charge >= 0.3 is 5.69 Å². The average molecular weight is 205 g/mol. The van der Waals surface area contributed by atoms with Gasteiger partial charge in [0.05, 0.1) is 11.0 Å². The van der Waals surface area contributed by atoms with Crippen molar-refractivity contribution in [3.8, 4) is 0 Å². The Labute approximate surface area is 87.9 Å². The molecule has 0 aliphatic carbocycles. The molecule has 1 atom stereocenters. The first-order valence-electron chi connectivity index (χ1n) is 4.96. The van der Waals surface area contributed by atoms with Gasteiger partial charge in [-0.2, -0.15) is 0 Å². The lowest BCUT2D eigenvalue weighted by atomic mass is 10.1. The van der Waals surface area contributed by atoms with Crippen molar-refractivity contribution in [2.24, 2.45) is 0 Å². The van der Waals surface area contributed by atoms with Crippen molar-refractivity contribution in [2.75, 3.05) is 14.1 Å². The first kappa shape index (κ1) is 9.98. The quantitative estimate of drug-likeness (QED) is 0.780. The first-order chi connectivity index (χ1) is 7.08. The molecule has 2 N–H and O–H groups in total. The molecule has 0 amide bonds. The van der Waals surface area contributed by atoms with Crippen LogP contribution in [0.2, 0.25) is 0 Å². The molecule has 0 bridgehead atoms. The lowest BCUT2D eigenvalue weighted by molar-refractivity contribution is 0.321. The third kappa shape index (κ3) is 1.80. The maximum absolute atomic E-state index is 11.1. The van der Waals surface area contributed by atoms with Crippen LogP contribution in [-0.2, 0) is 0 Å². The molecule has 1 heterocycles. The maximum Gasteiger partial charge on any atom is 0.323 e. The predicted octanol–water partition coefficient (Wildman–Crippen LogP) is 1.48. The van der Waals surface area contributed by atoms with Crippen molar-refractivity contribution in [3.05, 3.63) is 34.2 Å². The monoisotopic (exact) mass is 205 g/mol. The minimum atomic E-state index is -0.153. The summed E-state index contributed by atoms with van der Waals surface area (Å²) in [6.45, 7) is 2.13. The average Bonchev–Trinajstić information content (AvgIpc) is 2.55. The molecule has 0 spiro atoms. The lowest BCUT2D eigenvalue weighted by Gasteiger charge is -2.19. The van der Waals surface area contributed by atoms with E-state index in [0.29, 0.717) is 6.04 Å². The third-order valence-corrected chi connectivity index (χ3v) is 2.80. The first-order valence-corrected chi connectivity index (χ1v) is 4.96. The number of fused-ring (bicyclic) bond motifs is 1. The zero-order valence-electron chi connectivity index (χ0n) is 9.16. The number of aromatic amines is 2. The Morgan fingerprint density at radius 2 is 1.87 bits per heavy atom. The van der Waals surface area contributed by atoms with E-state index in [-0.39, 0.29) is 5.69 Å². The van der Waals surface area contributed by atoms with Crippen LogP contribution in [-0.4, -0.2) is 29.0 Å². The molecule has 1 unspecified atom stereocenters. The van der Waals surface area contributed by atoms with E-state index in [0.717, 1.165) is 11.0 Å². The number of hydrogen-bond donors (Lipinski definition) is 2. The summed E-state index contributed by atoms with van der Waals surface area (Å²) in [5.74, 6) is 0. The van der Waals surface area contributed by atoms with E-state index in [1.54, 1.807) is 0 Å². The molecule has 1 aromatic heterocycles. The van der Waals surface area contributed by atoms with Gasteiger partial charge in [0.2, 0.25) is 0 Å². The molecule has 80 valence electrons. The number of H-pyrrole nitrogens is 2. The summed E-state index contributed by atoms with van der Waals surface area (Å²) in [7, 11) is 4.07. The van der Waals surface area contributed by atoms with Gasteiger partial charge in [-0.25, -0.2) is 4.79 Å². The lowest BCUT2D eigenvalue weighted by Crippen LogP contribution is -2.16. The second kappa shape index (κ2) is 3.55. The molecule has 0 fully saturated rings. The SMILES string of the molecule is CC(c1ccc2[nH]c(=O)[nH]c2c1)N(C)C. The number of nitrogens with zero attached hydrogens (tertiary/aromatic N) is 1. The van der Waals surface area contributed by atoms with Crippen LogP contribution in [0.5, 0.6) is 0 Å². The number of rotatable bonds is 2. The molecule has 2 rings (SSSR count). The van der Waals surface area contributed by atoms with Crippen LogP contribution >= 0.6 is 0 Å². The van der Waals surface area contributed by atoms with Crippen molar-refractivity contribution in [1.82, 2.24) is 14.9 Å². The molecular weight excluding hydrogens is 190 g/mol. The van der Waals surface area contributed by atoms with E-state index in [9.17, 15) is 4.79 Å². The Morgan fingerprint density at radius 1 is 1.20 bits per heavy atom. The highest BCUT2D eigenvalue weighted by Crippen LogP contribution is 2.20. The van der Waals surface area contributed by atoms with Crippen molar-refractivity contribution in [3.63, 3.8) is 0 Å². The largest absolute Gasteiger partial charge is 0.323 e. The smallest absolute Gasteiger partial charge is 0.306 e. The molecule has 2 aromatic rings. The Balaban J connectivity index is 2.50. The zero-order valence-corrected chi connectivity index (χ0v) is 9.16. The van der Waals surface area contributed by atoms with Gasteiger partial charge in [-0.05, 0) is 38.7 Å². The third-order valence-electron chi connectivity index (χ3n) is 2.80. The van der Waals surface area contributed by atoms with Crippen LogP contribution in [0, 0.1) is 0 Å². The topological polar surface area (TPSA) is 51.9 Å². The van der Waals surface area contributed by atoms with Crippen LogP contribution < -0.4 is 5.69 Å². The fourth-order valence-electron chi connectivity index (χ4n) is 1.61. The number of aromatic nitrogens is 2. The van der Waals surface area contributed by atoms with Crippen molar-refractivity contribution >= 4 is 11.0 Å². The minimum Gasteiger partial charge on any atom is -0.306 e. The molecule has 0 saturated heterocycles. The van der Waals surface area contributed by atoms with Crippen molar-refractivity contribution < 1.29 is 0 Å². The van der Waals surface area contributed by atoms with E-state index in [1.807, 2.05) is 32.3 Å². The van der Waals surface area contributed by atoms with Crippen LogP contribution in [0.4, 0.5) is 0 Å². The number of nitrogens with one attached hydrogen (secondary N) is 2. The van der Waals surface area contributed by atoms with E-state index < -0.39 is 0 Å². The van der Waals surface area contributed by atoms with Crippen LogP contribution in [0.25, 0.3) is 11.0 Å². The Bertz CT molecular complexity index is 524. The molecular formula is C11H15N3O. The standard InChI is InChI=1S/C11H15N3O/c1-7(14(2)3)8-4-5-9-10(6-8)13-11(15)12-9/h4-7H,1-3H3,(H2,12,13,15). The summed E-state index contributed by atoms with van der Waals surface area (Å²) in [6, 6.07) is 6.32. The molecule has 15 heavy (non-hydrogen) atoms. The second-order valence-corrected chi connectivity index (χ2v) is 4.02. The highest BCUT2D eigenvalue weighted by atomic mass is 16.1. The van der Waals surface area contributed by atoms with E-state index in [4.69, 9.17) is 0 Å². The van der Waals surface area contributed by atoms with Gasteiger partial charge in [-0.15, -0.1) is 0 Å². The van der Waals surface area contributed by atoms with Crippen LogP contribution in [0.3, 0.4) is 0 Å². The Morgan fingerprint density at radius 3 is 2.53 bits per heavy atom. The number of benzene rings is 1. The molecule has 0 saturated carbocycles. The summed E-state index contributed by atoms with van der Waals surface area (Å²) >= 11 is 0. The van der Waals surface area contributed by atoms with E-state index in [1.165, 1.54) is 5.56 Å². The van der Waals surface area contributed by atoms with Gasteiger partial charge in [-0.3, -0.25) is 0 Å². The minimum absolute atomic E-state index is 0.153. The van der Waals surface area contributed by atoms with Gasteiger partial charge in [0, 0.05) is 6.04 Å². The van der Waals surface area contributed by atoms with Gasteiger partial charge in [-0.1, -0.05) is 6.07 Å². The van der Waals surface area contributed by atoms with Crippen LogP contribution in [0.15, 0.2) is 23.0 Å². The molecule has 4 heteroatoms. The molecule has 0 aliphatic heterocycles. The Hall–Kier alpha value is -1.55. The summed E-state index contributed by atoms with van der Waals surface area (Å²) in [4.78, 5) is 18.7. The van der Waals surface area contributed by atoms with E-state index >= 15 is 0 Å². The number of imidazole rings is 1. The predicted molar refractivity (Wildman–Crippen MR) is 61.0 cm³/mol. The second-order valence-electron chi connectivity index (χ2n) is 4.02. The molecule has 0 radical (unpaired) electrons. The summed E-state index contributed by atoms with van der Waals surface area (Å²) in [5, 5.41) is 0. The van der Waals surface area contributed by atoms with Gasteiger partial charge in [0.15, 0.2) is 0 Å². The molecule has 0 aliphatic rings. The molecule has 4 nitrogen and oxygen atoms in total. The maximum atomic E-state index is 11.1. The van der Waals surface area contributed by atoms with Crippen LogP contribution in [0.1, 0.15) is 18.5 Å². The highest BCUT2D eigenvalue weighted by Gasteiger charge is 2.08. The normalized spacial score (nSPS) is 13.6. The Kier molecular flexibility index (Phi) is 2.36. The summed E-state index contributed by atoms with van der Waals surface area (Å²) in [6.07, 6.45) is 0. The summed E-state index contributed by atoms with van der Waals surface area (Å²) < 4.78 is 0. The van der Waals surface area contributed by atoms with Crippen molar-refractivity contribution in [2.45, 2.75) is 13.0 Å². The zero-order chi connectivity index (χ0) is 11.0. The van der Waals surface area contributed by atoms with Crippen molar-refractivity contribution in [1.29, 1.82) is 0 Å². The van der Waals surface area contributed by atoms with Gasteiger partial charge in [0.25, 0.3) is 0 Å². The molecule has 1 aromatic carbocycles. The van der Waals surface area contributed by atoms with E-state index in [2.05, 4.69) is 21.8 Å². The van der Waals surface area contributed by atoms with Gasteiger partial charge < -0.3 is 14.9 Å². The number of hydrogen-bond acceptors (Lipinski definition) is 2. The fourth-order valence-corrected chi connectivity index (χ4v) is 1.61. The summed E-state index contributed by atoms with van der Waals surface area (Å²) in [5.41, 5.74) is 2.77.